The normalized spacial score (nSPS) is 21.2. The summed E-state index contributed by atoms with van der Waals surface area (Å²) in [4.78, 5) is 24.2. The van der Waals surface area contributed by atoms with Crippen LogP contribution in [-0.4, -0.2) is 36.2 Å². The van der Waals surface area contributed by atoms with E-state index in [2.05, 4.69) is 4.90 Å². The molecule has 1 atom stereocenters. The van der Waals surface area contributed by atoms with Crippen molar-refractivity contribution >= 4 is 11.7 Å². The molecule has 1 amide bonds. The third-order valence-corrected chi connectivity index (χ3v) is 3.18. The third kappa shape index (κ3) is 3.63. The highest BCUT2D eigenvalue weighted by Crippen LogP contribution is 2.18. The lowest BCUT2D eigenvalue weighted by Gasteiger charge is -2.31. The maximum Gasteiger partial charge on any atom is 0.221 e. The van der Waals surface area contributed by atoms with Gasteiger partial charge in [0.25, 0.3) is 0 Å². The van der Waals surface area contributed by atoms with Crippen LogP contribution in [0.2, 0.25) is 0 Å². The first-order chi connectivity index (χ1) is 7.00. The van der Waals surface area contributed by atoms with Gasteiger partial charge in [0.1, 0.15) is 5.78 Å². The van der Waals surface area contributed by atoms with Crippen molar-refractivity contribution in [1.82, 2.24) is 4.90 Å². The fourth-order valence-corrected chi connectivity index (χ4v) is 2.00. The molecule has 2 N–H and O–H groups in total. The number of nitrogens with zero attached hydrogens (tertiary/aromatic N) is 1. The SMILES string of the molecule is CC(=O)C1CCN(CC(C)C(N)=O)CC1. The summed E-state index contributed by atoms with van der Waals surface area (Å²) >= 11 is 0. The van der Waals surface area contributed by atoms with E-state index in [0.717, 1.165) is 32.5 Å². The van der Waals surface area contributed by atoms with Crippen LogP contribution >= 0.6 is 0 Å². The molecular weight excluding hydrogens is 192 g/mol. The predicted octanol–water partition coefficient (Wildman–Crippen LogP) is 0.409. The Labute approximate surface area is 90.8 Å². The Morgan fingerprint density at radius 1 is 1.40 bits per heavy atom. The Hall–Kier alpha value is -0.900. The predicted molar refractivity (Wildman–Crippen MR) is 58.2 cm³/mol. The zero-order valence-corrected chi connectivity index (χ0v) is 9.53. The zero-order chi connectivity index (χ0) is 11.4. The van der Waals surface area contributed by atoms with E-state index in [1.54, 1.807) is 6.92 Å². The molecule has 1 heterocycles. The number of hydrogen-bond acceptors (Lipinski definition) is 3. The van der Waals surface area contributed by atoms with Crippen molar-refractivity contribution in [1.29, 1.82) is 0 Å². The molecule has 0 saturated carbocycles. The van der Waals surface area contributed by atoms with Crippen LogP contribution in [0.25, 0.3) is 0 Å². The summed E-state index contributed by atoms with van der Waals surface area (Å²) in [6.45, 7) is 6.04. The van der Waals surface area contributed by atoms with E-state index >= 15 is 0 Å². The lowest BCUT2D eigenvalue weighted by atomic mass is 9.93. The summed E-state index contributed by atoms with van der Waals surface area (Å²) in [6.07, 6.45) is 1.83. The molecule has 0 aromatic heterocycles. The molecule has 0 spiro atoms. The Kier molecular flexibility index (Phi) is 4.27. The number of ketones is 1. The van der Waals surface area contributed by atoms with Crippen LogP contribution < -0.4 is 5.73 Å². The highest BCUT2D eigenvalue weighted by Gasteiger charge is 2.23. The lowest BCUT2D eigenvalue weighted by Crippen LogP contribution is -2.40. The quantitative estimate of drug-likeness (QED) is 0.734. The maximum absolute atomic E-state index is 11.1. The Morgan fingerprint density at radius 3 is 2.33 bits per heavy atom. The summed E-state index contributed by atoms with van der Waals surface area (Å²) in [5.41, 5.74) is 5.21. The lowest BCUT2D eigenvalue weighted by molar-refractivity contribution is -0.124. The number of carbonyl (C=O) groups excluding carboxylic acids is 2. The van der Waals surface area contributed by atoms with Gasteiger partial charge in [-0.15, -0.1) is 0 Å². The van der Waals surface area contributed by atoms with Crippen molar-refractivity contribution in [2.75, 3.05) is 19.6 Å². The Balaban J connectivity index is 2.31. The Morgan fingerprint density at radius 2 is 1.93 bits per heavy atom. The van der Waals surface area contributed by atoms with Crippen LogP contribution in [0.1, 0.15) is 26.7 Å². The molecule has 1 fully saturated rings. The standard InChI is InChI=1S/C11H20N2O2/c1-8(11(12)15)7-13-5-3-10(4-6-13)9(2)14/h8,10H,3-7H2,1-2H3,(H2,12,15). The molecule has 0 aliphatic carbocycles. The second kappa shape index (κ2) is 5.26. The van der Waals surface area contributed by atoms with Crippen molar-refractivity contribution in [2.45, 2.75) is 26.7 Å². The minimum absolute atomic E-state index is 0.0983. The first kappa shape index (κ1) is 12.2. The number of primary amides is 1. The van der Waals surface area contributed by atoms with Gasteiger partial charge in [-0.1, -0.05) is 6.92 Å². The molecule has 1 aliphatic heterocycles. The van der Waals surface area contributed by atoms with Crippen molar-refractivity contribution in [2.24, 2.45) is 17.6 Å². The van der Waals surface area contributed by atoms with Crippen molar-refractivity contribution in [3.63, 3.8) is 0 Å². The number of carbonyl (C=O) groups is 2. The minimum atomic E-state index is -0.247. The topological polar surface area (TPSA) is 63.4 Å². The molecule has 0 aromatic rings. The monoisotopic (exact) mass is 212 g/mol. The molecule has 1 unspecified atom stereocenters. The van der Waals surface area contributed by atoms with Crippen LogP contribution in [0, 0.1) is 11.8 Å². The number of Topliss-reactive ketones (excluding diaryl/α,β-unsaturated/α-hetero) is 1. The average molecular weight is 212 g/mol. The van der Waals surface area contributed by atoms with Crippen LogP contribution in [0.5, 0.6) is 0 Å². The molecule has 1 aliphatic rings. The van der Waals surface area contributed by atoms with E-state index in [-0.39, 0.29) is 23.5 Å². The second-order valence-electron chi connectivity index (χ2n) is 4.49. The van der Waals surface area contributed by atoms with Gasteiger partial charge in [0, 0.05) is 18.4 Å². The third-order valence-electron chi connectivity index (χ3n) is 3.18. The molecular formula is C11H20N2O2. The molecule has 15 heavy (non-hydrogen) atoms. The smallest absolute Gasteiger partial charge is 0.221 e. The van der Waals surface area contributed by atoms with Crippen molar-refractivity contribution in [3.8, 4) is 0 Å². The molecule has 1 rings (SSSR count). The number of rotatable bonds is 4. The van der Waals surface area contributed by atoms with Crippen LogP contribution in [0.3, 0.4) is 0 Å². The fourth-order valence-electron chi connectivity index (χ4n) is 2.00. The van der Waals surface area contributed by atoms with Gasteiger partial charge in [-0.25, -0.2) is 0 Å². The van der Waals surface area contributed by atoms with E-state index in [1.165, 1.54) is 0 Å². The first-order valence-corrected chi connectivity index (χ1v) is 5.53. The largest absolute Gasteiger partial charge is 0.369 e. The highest BCUT2D eigenvalue weighted by molar-refractivity contribution is 5.78. The van der Waals surface area contributed by atoms with Crippen LogP contribution in [0.4, 0.5) is 0 Å². The Bertz CT molecular complexity index is 245. The van der Waals surface area contributed by atoms with Crippen molar-refractivity contribution in [3.05, 3.63) is 0 Å². The number of hydrogen-bond donors (Lipinski definition) is 1. The van der Waals surface area contributed by atoms with Gasteiger partial charge in [0.05, 0.1) is 0 Å². The van der Waals surface area contributed by atoms with Gasteiger partial charge in [0.15, 0.2) is 0 Å². The van der Waals surface area contributed by atoms with Gasteiger partial charge >= 0.3 is 0 Å². The molecule has 1 saturated heterocycles. The van der Waals surface area contributed by atoms with Crippen LogP contribution in [-0.2, 0) is 9.59 Å². The average Bonchev–Trinajstić information content (AvgIpc) is 2.18. The highest BCUT2D eigenvalue weighted by atomic mass is 16.1. The summed E-state index contributed by atoms with van der Waals surface area (Å²) in [5, 5.41) is 0. The molecule has 0 radical (unpaired) electrons. The van der Waals surface area contributed by atoms with Crippen molar-refractivity contribution < 1.29 is 9.59 Å². The molecule has 4 nitrogen and oxygen atoms in total. The van der Waals surface area contributed by atoms with E-state index in [1.807, 2.05) is 6.92 Å². The number of amides is 1. The number of piperidine rings is 1. The fraction of sp³-hybridized carbons (Fsp3) is 0.818. The van der Waals surface area contributed by atoms with E-state index < -0.39 is 0 Å². The molecule has 0 bridgehead atoms. The van der Waals surface area contributed by atoms with Gasteiger partial charge in [-0.3, -0.25) is 9.59 Å². The van der Waals surface area contributed by atoms with Gasteiger partial charge in [0.2, 0.25) is 5.91 Å². The minimum Gasteiger partial charge on any atom is -0.369 e. The summed E-state index contributed by atoms with van der Waals surface area (Å²) in [6, 6.07) is 0. The zero-order valence-electron chi connectivity index (χ0n) is 9.53. The summed E-state index contributed by atoms with van der Waals surface area (Å²) in [7, 11) is 0. The number of nitrogens with two attached hydrogens (primary N) is 1. The molecule has 4 heteroatoms. The van der Waals surface area contributed by atoms with Gasteiger partial charge in [-0.05, 0) is 32.9 Å². The van der Waals surface area contributed by atoms with Crippen LogP contribution in [0.15, 0.2) is 0 Å². The number of likely N-dealkylation sites (tertiary alicyclic amines) is 1. The first-order valence-electron chi connectivity index (χ1n) is 5.53. The van der Waals surface area contributed by atoms with E-state index in [9.17, 15) is 9.59 Å². The maximum atomic E-state index is 11.1. The van der Waals surface area contributed by atoms with E-state index in [4.69, 9.17) is 5.73 Å². The molecule has 0 aromatic carbocycles. The molecule has 86 valence electrons. The summed E-state index contributed by atoms with van der Waals surface area (Å²) < 4.78 is 0. The van der Waals surface area contributed by atoms with Gasteiger partial charge in [-0.2, -0.15) is 0 Å². The van der Waals surface area contributed by atoms with Gasteiger partial charge < -0.3 is 10.6 Å². The van der Waals surface area contributed by atoms with E-state index in [0.29, 0.717) is 0 Å². The summed E-state index contributed by atoms with van der Waals surface area (Å²) in [5.74, 6) is 0.172. The second-order valence-corrected chi connectivity index (χ2v) is 4.49.